The Balaban J connectivity index is 1.46. The van der Waals surface area contributed by atoms with Crippen molar-refractivity contribution in [3.8, 4) is 11.5 Å². The molecule has 32 heavy (non-hydrogen) atoms. The molecule has 1 N–H and O–H groups in total. The molecule has 0 saturated carbocycles. The summed E-state index contributed by atoms with van der Waals surface area (Å²) in [5.74, 6) is 0.118. The topological polar surface area (TPSA) is 98.6 Å². The number of amides is 1. The van der Waals surface area contributed by atoms with E-state index in [0.717, 1.165) is 5.69 Å². The third-order valence-corrected chi connectivity index (χ3v) is 4.35. The van der Waals surface area contributed by atoms with Crippen LogP contribution in [0, 0.1) is 0 Å². The molecule has 0 heterocycles. The number of hydrogen-bond acceptors (Lipinski definition) is 7. The molecule has 0 spiro atoms. The fraction of sp³-hybridized carbons (Fsp3) is 0.167. The van der Waals surface area contributed by atoms with Gasteiger partial charge in [0.2, 0.25) is 0 Å². The Labute approximate surface area is 185 Å². The second-order valence-corrected chi connectivity index (χ2v) is 6.66. The molecule has 8 nitrogen and oxygen atoms in total. The number of rotatable bonds is 9. The lowest BCUT2D eigenvalue weighted by Crippen LogP contribution is -2.21. The van der Waals surface area contributed by atoms with Gasteiger partial charge in [0, 0.05) is 5.69 Å². The fourth-order valence-electron chi connectivity index (χ4n) is 2.77. The zero-order valence-corrected chi connectivity index (χ0v) is 17.8. The lowest BCUT2D eigenvalue weighted by Gasteiger charge is -2.10. The molecule has 0 aliphatic rings. The second kappa shape index (κ2) is 11.3. The van der Waals surface area contributed by atoms with Gasteiger partial charge in [-0.1, -0.05) is 24.3 Å². The third kappa shape index (κ3) is 6.66. The van der Waals surface area contributed by atoms with Gasteiger partial charge in [-0.15, -0.1) is 0 Å². The van der Waals surface area contributed by atoms with E-state index in [1.807, 2.05) is 30.3 Å². The number of benzene rings is 3. The van der Waals surface area contributed by atoms with Crippen LogP contribution < -0.4 is 14.8 Å². The highest BCUT2D eigenvalue weighted by atomic mass is 16.5. The Morgan fingerprint density at radius 3 is 2.12 bits per heavy atom. The fourth-order valence-corrected chi connectivity index (χ4v) is 2.77. The van der Waals surface area contributed by atoms with Crippen LogP contribution >= 0.6 is 0 Å². The number of azo groups is 1. The first-order chi connectivity index (χ1) is 15.6. The molecular weight excluding hydrogens is 410 g/mol. The zero-order chi connectivity index (χ0) is 22.8. The van der Waals surface area contributed by atoms with Crippen LogP contribution in [0.2, 0.25) is 0 Å². The van der Waals surface area contributed by atoms with Gasteiger partial charge in [0.05, 0.1) is 32.0 Å². The van der Waals surface area contributed by atoms with Gasteiger partial charge in [0.25, 0.3) is 5.91 Å². The minimum Gasteiger partial charge on any atom is -0.493 e. The molecule has 0 bridgehead atoms. The summed E-state index contributed by atoms with van der Waals surface area (Å²) in [6, 6.07) is 21.4. The summed E-state index contributed by atoms with van der Waals surface area (Å²) in [4.78, 5) is 24.1. The highest BCUT2D eigenvalue weighted by molar-refractivity contribution is 5.93. The van der Waals surface area contributed by atoms with Crippen molar-refractivity contribution in [3.05, 3.63) is 78.4 Å². The van der Waals surface area contributed by atoms with Crippen LogP contribution in [-0.4, -0.2) is 32.7 Å². The van der Waals surface area contributed by atoms with Crippen molar-refractivity contribution in [2.24, 2.45) is 10.2 Å². The van der Waals surface area contributed by atoms with Crippen LogP contribution in [-0.2, 0) is 20.7 Å². The smallest absolute Gasteiger partial charge is 0.310 e. The van der Waals surface area contributed by atoms with Crippen LogP contribution in [0.1, 0.15) is 5.56 Å². The van der Waals surface area contributed by atoms with Crippen molar-refractivity contribution in [1.29, 1.82) is 0 Å². The molecule has 8 heteroatoms. The van der Waals surface area contributed by atoms with E-state index in [4.69, 9.17) is 14.2 Å². The highest BCUT2D eigenvalue weighted by Gasteiger charge is 2.11. The number of anilines is 1. The summed E-state index contributed by atoms with van der Waals surface area (Å²) in [6.07, 6.45) is 0.00868. The van der Waals surface area contributed by atoms with Gasteiger partial charge < -0.3 is 19.5 Å². The lowest BCUT2D eigenvalue weighted by molar-refractivity contribution is -0.146. The maximum atomic E-state index is 12.1. The molecule has 0 saturated heterocycles. The number of ether oxygens (including phenoxy) is 3. The minimum atomic E-state index is -0.524. The largest absolute Gasteiger partial charge is 0.493 e. The molecule has 0 aliphatic heterocycles. The number of carbonyl (C=O) groups is 2. The van der Waals surface area contributed by atoms with Crippen molar-refractivity contribution in [1.82, 2.24) is 0 Å². The minimum absolute atomic E-state index is 0.00868. The molecule has 0 aromatic heterocycles. The normalized spacial score (nSPS) is 10.6. The SMILES string of the molecule is COc1ccc(CC(=O)OCC(=O)Nc2ccc(N=Nc3ccccc3)cc2)cc1OC. The highest BCUT2D eigenvalue weighted by Crippen LogP contribution is 2.27. The van der Waals surface area contributed by atoms with Crippen molar-refractivity contribution < 1.29 is 23.8 Å². The average molecular weight is 433 g/mol. The molecule has 0 unspecified atom stereocenters. The maximum absolute atomic E-state index is 12.1. The van der Waals surface area contributed by atoms with Crippen LogP contribution in [0.3, 0.4) is 0 Å². The zero-order valence-electron chi connectivity index (χ0n) is 17.8. The van der Waals surface area contributed by atoms with Gasteiger partial charge in [-0.05, 0) is 54.1 Å². The van der Waals surface area contributed by atoms with Crippen LogP contribution in [0.4, 0.5) is 17.1 Å². The molecule has 0 fully saturated rings. The number of carbonyl (C=O) groups excluding carboxylic acids is 2. The summed E-state index contributed by atoms with van der Waals surface area (Å²) >= 11 is 0. The Hall–Kier alpha value is -4.20. The first-order valence-electron chi connectivity index (χ1n) is 9.80. The number of hydrogen-bond donors (Lipinski definition) is 1. The van der Waals surface area contributed by atoms with Crippen LogP contribution in [0.25, 0.3) is 0 Å². The Kier molecular flexibility index (Phi) is 7.91. The second-order valence-electron chi connectivity index (χ2n) is 6.66. The number of nitrogens with one attached hydrogen (secondary N) is 1. The quantitative estimate of drug-likeness (QED) is 0.384. The van der Waals surface area contributed by atoms with E-state index in [1.165, 1.54) is 14.2 Å². The predicted molar refractivity (Wildman–Crippen MR) is 120 cm³/mol. The maximum Gasteiger partial charge on any atom is 0.310 e. The van der Waals surface area contributed by atoms with Crippen molar-refractivity contribution in [2.75, 3.05) is 26.1 Å². The Morgan fingerprint density at radius 2 is 1.47 bits per heavy atom. The number of nitrogens with zero attached hydrogens (tertiary/aromatic N) is 2. The molecule has 3 aromatic carbocycles. The number of methoxy groups -OCH3 is 2. The van der Waals surface area contributed by atoms with E-state index < -0.39 is 11.9 Å². The van der Waals surface area contributed by atoms with Gasteiger partial charge in [0.1, 0.15) is 0 Å². The van der Waals surface area contributed by atoms with E-state index in [9.17, 15) is 9.59 Å². The molecule has 164 valence electrons. The Morgan fingerprint density at radius 1 is 0.812 bits per heavy atom. The van der Waals surface area contributed by atoms with Gasteiger partial charge in [-0.25, -0.2) is 0 Å². The predicted octanol–water partition coefficient (Wildman–Crippen LogP) is 4.84. The first kappa shape index (κ1) is 22.5. The van der Waals surface area contributed by atoms with E-state index in [2.05, 4.69) is 15.5 Å². The molecule has 0 aliphatic carbocycles. The summed E-state index contributed by atoms with van der Waals surface area (Å²) in [7, 11) is 3.05. The number of esters is 1. The molecule has 3 rings (SSSR count). The molecule has 0 atom stereocenters. The summed E-state index contributed by atoms with van der Waals surface area (Å²) in [5.41, 5.74) is 2.64. The third-order valence-electron chi connectivity index (χ3n) is 4.35. The molecule has 3 aromatic rings. The van der Waals surface area contributed by atoms with Gasteiger partial charge >= 0.3 is 5.97 Å². The van der Waals surface area contributed by atoms with Gasteiger partial charge in [-0.2, -0.15) is 10.2 Å². The van der Waals surface area contributed by atoms with Crippen LogP contribution in [0.15, 0.2) is 83.0 Å². The summed E-state index contributed by atoms with van der Waals surface area (Å²) in [5, 5.41) is 11.0. The molecular formula is C24H23N3O5. The summed E-state index contributed by atoms with van der Waals surface area (Å²) in [6.45, 7) is -0.387. The first-order valence-corrected chi connectivity index (χ1v) is 9.80. The van der Waals surface area contributed by atoms with Gasteiger partial charge in [-0.3, -0.25) is 9.59 Å². The van der Waals surface area contributed by atoms with E-state index in [-0.39, 0.29) is 13.0 Å². The van der Waals surface area contributed by atoms with Gasteiger partial charge in [0.15, 0.2) is 18.1 Å². The van der Waals surface area contributed by atoms with Crippen molar-refractivity contribution >= 4 is 28.9 Å². The summed E-state index contributed by atoms with van der Waals surface area (Å²) < 4.78 is 15.4. The van der Waals surface area contributed by atoms with E-state index in [0.29, 0.717) is 28.4 Å². The Bertz CT molecular complexity index is 1080. The van der Waals surface area contributed by atoms with E-state index >= 15 is 0 Å². The van der Waals surface area contributed by atoms with Crippen molar-refractivity contribution in [2.45, 2.75) is 6.42 Å². The van der Waals surface area contributed by atoms with Crippen molar-refractivity contribution in [3.63, 3.8) is 0 Å². The van der Waals surface area contributed by atoms with E-state index in [1.54, 1.807) is 42.5 Å². The standard InChI is InChI=1S/C24H23N3O5/c1-30-21-13-8-17(14-22(21)31-2)15-24(29)32-16-23(28)25-18-9-11-20(12-10-18)27-26-19-6-4-3-5-7-19/h3-14H,15-16H2,1-2H3,(H,25,28). The molecule has 1 amide bonds. The lowest BCUT2D eigenvalue weighted by atomic mass is 10.1. The average Bonchev–Trinajstić information content (AvgIpc) is 2.83. The van der Waals surface area contributed by atoms with Crippen LogP contribution in [0.5, 0.6) is 11.5 Å². The molecule has 0 radical (unpaired) electrons. The monoisotopic (exact) mass is 433 g/mol.